The molecule has 0 aliphatic carbocycles. The summed E-state index contributed by atoms with van der Waals surface area (Å²) in [4.78, 5) is 10.8. The van der Waals surface area contributed by atoms with Gasteiger partial charge in [0.05, 0.1) is 0 Å². The number of hydrogen-bond acceptors (Lipinski definition) is 4. The van der Waals surface area contributed by atoms with E-state index in [2.05, 4.69) is 61.1 Å². The van der Waals surface area contributed by atoms with Crippen molar-refractivity contribution in [3.63, 3.8) is 0 Å². The van der Waals surface area contributed by atoms with Gasteiger partial charge in [0.1, 0.15) is 0 Å². The van der Waals surface area contributed by atoms with E-state index in [9.17, 15) is 0 Å². The van der Waals surface area contributed by atoms with Crippen molar-refractivity contribution in [2.75, 3.05) is 58.9 Å². The fraction of sp³-hybridized carbons (Fsp3) is 1.00. The molecule has 24 heavy (non-hydrogen) atoms. The number of hydrogen-bond donors (Lipinski definition) is 0. The number of rotatable bonds is 3. The second-order valence-electron chi connectivity index (χ2n) is 10.3. The SMILES string of the molecule is CC(C)(C)N1CCN(C2CCN(CC3CN(C(C)(C)C)C3)C2)CC1. The molecule has 3 heterocycles. The highest BCUT2D eigenvalue weighted by molar-refractivity contribution is 4.93. The Morgan fingerprint density at radius 3 is 1.83 bits per heavy atom. The first kappa shape index (κ1) is 18.6. The topological polar surface area (TPSA) is 13.0 Å². The predicted octanol–water partition coefficient (Wildman–Crippen LogP) is 2.21. The zero-order valence-electron chi connectivity index (χ0n) is 17.0. The van der Waals surface area contributed by atoms with E-state index in [1.165, 1.54) is 65.3 Å². The van der Waals surface area contributed by atoms with Crippen LogP contribution in [0.4, 0.5) is 0 Å². The van der Waals surface area contributed by atoms with Crippen molar-refractivity contribution in [2.24, 2.45) is 5.92 Å². The molecule has 1 atom stereocenters. The fourth-order valence-electron chi connectivity index (χ4n) is 4.63. The molecule has 0 amide bonds. The highest BCUT2D eigenvalue weighted by atomic mass is 15.3. The van der Waals surface area contributed by atoms with Crippen molar-refractivity contribution < 1.29 is 0 Å². The van der Waals surface area contributed by atoms with E-state index < -0.39 is 0 Å². The van der Waals surface area contributed by atoms with Gasteiger partial charge in [0, 0.05) is 69.5 Å². The van der Waals surface area contributed by atoms with Crippen molar-refractivity contribution in [3.05, 3.63) is 0 Å². The van der Waals surface area contributed by atoms with Crippen molar-refractivity contribution in [3.8, 4) is 0 Å². The Kier molecular flexibility index (Phi) is 5.33. The lowest BCUT2D eigenvalue weighted by molar-refractivity contribution is -0.000800. The van der Waals surface area contributed by atoms with Crippen LogP contribution in [0.1, 0.15) is 48.0 Å². The van der Waals surface area contributed by atoms with E-state index in [0.29, 0.717) is 11.1 Å². The molecular formula is C20H40N4. The van der Waals surface area contributed by atoms with E-state index in [0.717, 1.165) is 12.0 Å². The van der Waals surface area contributed by atoms with Crippen LogP contribution >= 0.6 is 0 Å². The van der Waals surface area contributed by atoms with Gasteiger partial charge in [-0.05, 0) is 60.4 Å². The van der Waals surface area contributed by atoms with Crippen molar-refractivity contribution >= 4 is 0 Å². The van der Waals surface area contributed by atoms with Gasteiger partial charge in [-0.1, -0.05) is 0 Å². The summed E-state index contributed by atoms with van der Waals surface area (Å²) < 4.78 is 0. The van der Waals surface area contributed by atoms with Gasteiger partial charge in [0.15, 0.2) is 0 Å². The molecule has 3 rings (SSSR count). The first-order chi connectivity index (χ1) is 11.1. The lowest BCUT2D eigenvalue weighted by Gasteiger charge is -2.48. The normalized spacial score (nSPS) is 30.0. The van der Waals surface area contributed by atoms with Gasteiger partial charge < -0.3 is 4.90 Å². The van der Waals surface area contributed by atoms with Gasteiger partial charge in [0.2, 0.25) is 0 Å². The van der Waals surface area contributed by atoms with Crippen molar-refractivity contribution in [1.82, 2.24) is 19.6 Å². The average molecular weight is 337 g/mol. The quantitative estimate of drug-likeness (QED) is 0.783. The van der Waals surface area contributed by atoms with Gasteiger partial charge in [-0.25, -0.2) is 0 Å². The molecule has 0 radical (unpaired) electrons. The minimum Gasteiger partial charge on any atom is -0.301 e. The molecule has 0 N–H and O–H groups in total. The lowest BCUT2D eigenvalue weighted by Crippen LogP contribution is -2.58. The van der Waals surface area contributed by atoms with Gasteiger partial charge >= 0.3 is 0 Å². The summed E-state index contributed by atoms with van der Waals surface area (Å²) in [5.74, 6) is 0.903. The van der Waals surface area contributed by atoms with Crippen LogP contribution in [0.2, 0.25) is 0 Å². The summed E-state index contributed by atoms with van der Waals surface area (Å²) in [6.07, 6.45) is 1.38. The summed E-state index contributed by atoms with van der Waals surface area (Å²) in [5.41, 5.74) is 0.688. The van der Waals surface area contributed by atoms with E-state index in [1.54, 1.807) is 0 Å². The van der Waals surface area contributed by atoms with Crippen LogP contribution < -0.4 is 0 Å². The third-order valence-corrected chi connectivity index (χ3v) is 6.45. The molecule has 3 saturated heterocycles. The molecule has 0 saturated carbocycles. The Morgan fingerprint density at radius 1 is 0.708 bits per heavy atom. The Balaban J connectivity index is 1.38. The number of piperazine rings is 1. The third kappa shape index (κ3) is 4.32. The van der Waals surface area contributed by atoms with Crippen LogP contribution in [0.5, 0.6) is 0 Å². The van der Waals surface area contributed by atoms with Crippen LogP contribution in [-0.4, -0.2) is 95.6 Å². The molecule has 0 aromatic rings. The third-order valence-electron chi connectivity index (χ3n) is 6.45. The molecule has 3 fully saturated rings. The maximum atomic E-state index is 2.77. The standard InChI is InChI=1S/C20H40N4/c1-19(2,3)23-11-9-22(10-12-23)18-7-8-21(16-18)13-17-14-24(15-17)20(4,5)6/h17-18H,7-16H2,1-6H3. The summed E-state index contributed by atoms with van der Waals surface area (Å²) in [6, 6.07) is 0.811. The molecular weight excluding hydrogens is 296 g/mol. The highest BCUT2D eigenvalue weighted by Crippen LogP contribution is 2.27. The molecule has 0 bridgehead atoms. The molecule has 3 aliphatic rings. The monoisotopic (exact) mass is 336 g/mol. The minimum atomic E-state index is 0.330. The molecule has 1 unspecified atom stereocenters. The van der Waals surface area contributed by atoms with Crippen LogP contribution in [0.15, 0.2) is 0 Å². The smallest absolute Gasteiger partial charge is 0.0236 e. The van der Waals surface area contributed by atoms with Gasteiger partial charge in [-0.2, -0.15) is 0 Å². The van der Waals surface area contributed by atoms with Crippen LogP contribution in [0, 0.1) is 5.92 Å². The second kappa shape index (κ2) is 6.86. The molecule has 4 nitrogen and oxygen atoms in total. The Labute approximate surface area is 150 Å². The molecule has 140 valence electrons. The number of likely N-dealkylation sites (tertiary alicyclic amines) is 2. The van der Waals surface area contributed by atoms with Gasteiger partial charge in [-0.3, -0.25) is 14.7 Å². The minimum absolute atomic E-state index is 0.330. The second-order valence-corrected chi connectivity index (χ2v) is 10.3. The van der Waals surface area contributed by atoms with Crippen molar-refractivity contribution in [2.45, 2.75) is 65.1 Å². The van der Waals surface area contributed by atoms with Crippen LogP contribution in [0.3, 0.4) is 0 Å². The zero-order valence-corrected chi connectivity index (χ0v) is 17.0. The predicted molar refractivity (Wildman–Crippen MR) is 103 cm³/mol. The largest absolute Gasteiger partial charge is 0.301 e. The van der Waals surface area contributed by atoms with E-state index in [4.69, 9.17) is 0 Å². The molecule has 4 heteroatoms. The average Bonchev–Trinajstić information content (AvgIpc) is 2.89. The van der Waals surface area contributed by atoms with Gasteiger partial charge in [0.25, 0.3) is 0 Å². The van der Waals surface area contributed by atoms with Crippen molar-refractivity contribution in [1.29, 1.82) is 0 Å². The Hall–Kier alpha value is -0.160. The molecule has 0 aromatic heterocycles. The number of nitrogens with zero attached hydrogens (tertiary/aromatic N) is 4. The molecule has 0 aromatic carbocycles. The first-order valence-corrected chi connectivity index (χ1v) is 10.1. The maximum Gasteiger partial charge on any atom is 0.0236 e. The summed E-state index contributed by atoms with van der Waals surface area (Å²) in [7, 11) is 0. The Bertz CT molecular complexity index is 408. The lowest BCUT2D eigenvalue weighted by atomic mass is 9.92. The van der Waals surface area contributed by atoms with E-state index in [1.807, 2.05) is 0 Å². The van der Waals surface area contributed by atoms with Gasteiger partial charge in [-0.15, -0.1) is 0 Å². The summed E-state index contributed by atoms with van der Waals surface area (Å²) in [6.45, 7) is 25.6. The Morgan fingerprint density at radius 2 is 1.29 bits per heavy atom. The molecule has 3 aliphatic heterocycles. The first-order valence-electron chi connectivity index (χ1n) is 10.1. The highest BCUT2D eigenvalue weighted by Gasteiger charge is 2.37. The summed E-state index contributed by atoms with van der Waals surface area (Å²) in [5, 5.41) is 0. The zero-order chi connectivity index (χ0) is 17.5. The fourth-order valence-corrected chi connectivity index (χ4v) is 4.63. The van der Waals surface area contributed by atoms with E-state index in [-0.39, 0.29) is 0 Å². The van der Waals surface area contributed by atoms with E-state index >= 15 is 0 Å². The maximum absolute atomic E-state index is 2.77. The summed E-state index contributed by atoms with van der Waals surface area (Å²) >= 11 is 0. The van der Waals surface area contributed by atoms with Crippen LogP contribution in [-0.2, 0) is 0 Å². The van der Waals surface area contributed by atoms with Crippen LogP contribution in [0.25, 0.3) is 0 Å². The molecule has 0 spiro atoms.